The Balaban J connectivity index is 1.79. The van der Waals surface area contributed by atoms with Gasteiger partial charge in [-0.3, -0.25) is 23.2 Å². The number of halogens is 1. The minimum atomic E-state index is -5.45. The Bertz CT molecular complexity index is 2750. The van der Waals surface area contributed by atoms with Crippen LogP contribution in [0.4, 0.5) is 23.0 Å². The van der Waals surface area contributed by atoms with Gasteiger partial charge in [-0.05, 0) is 41.9 Å². The molecule has 0 spiro atoms. The molecule has 48 heavy (non-hydrogen) atoms. The van der Waals surface area contributed by atoms with E-state index < -0.39 is 116 Å². The normalized spacial score (nSPS) is 13.0. The van der Waals surface area contributed by atoms with Gasteiger partial charge < -0.3 is 10.4 Å². The highest BCUT2D eigenvalue weighted by atomic mass is 35.5. The number of rotatable bonds is 8. The summed E-state index contributed by atoms with van der Waals surface area (Å²) in [6.07, 6.45) is 0. The third-order valence-corrected chi connectivity index (χ3v) is 10.2. The Kier molecular flexibility index (Phi) is 8.52. The molecule has 0 atom stereocenters. The van der Waals surface area contributed by atoms with Crippen molar-refractivity contribution in [2.45, 2.75) is 19.6 Å². The van der Waals surface area contributed by atoms with Crippen LogP contribution in [0.5, 0.6) is 5.75 Å². The summed E-state index contributed by atoms with van der Waals surface area (Å²) in [6.45, 7) is 0. The van der Waals surface area contributed by atoms with Gasteiger partial charge in [0.1, 0.15) is 31.0 Å². The van der Waals surface area contributed by atoms with Crippen LogP contribution in [0.25, 0.3) is 21.5 Å². The minimum Gasteiger partial charge on any atom is -0.505 e. The second kappa shape index (κ2) is 11.8. The molecule has 0 aliphatic rings. The van der Waals surface area contributed by atoms with Crippen molar-refractivity contribution in [3.05, 3.63) is 64.3 Å². The first kappa shape index (κ1) is 34.7. The molecule has 25 heteroatoms. The summed E-state index contributed by atoms with van der Waals surface area (Å²) in [7, 11) is -21.0. The van der Waals surface area contributed by atoms with E-state index >= 15 is 0 Å². The maximum Gasteiger partial charge on any atom is 0.350 e. The van der Waals surface area contributed by atoms with E-state index in [0.717, 1.165) is 42.5 Å². The molecule has 252 valence electrons. The summed E-state index contributed by atoms with van der Waals surface area (Å²) in [4.78, 5) is 16.5. The zero-order valence-electron chi connectivity index (χ0n) is 22.8. The predicted octanol–water partition coefficient (Wildman–Crippen LogP) is 2.98. The van der Waals surface area contributed by atoms with Crippen LogP contribution < -0.4 is 11.0 Å². The van der Waals surface area contributed by atoms with Gasteiger partial charge in [-0.15, -0.1) is 10.2 Å². The quantitative estimate of drug-likeness (QED) is 0.0882. The summed E-state index contributed by atoms with van der Waals surface area (Å²) in [6, 6.07) is 7.13. The first-order valence-corrected chi connectivity index (χ1v) is 18.3. The third-order valence-electron chi connectivity index (χ3n) is 6.33. The van der Waals surface area contributed by atoms with Gasteiger partial charge in [-0.1, -0.05) is 18.2 Å². The van der Waals surface area contributed by atoms with E-state index in [9.17, 15) is 61.8 Å². The molecule has 1 heterocycles. The van der Waals surface area contributed by atoms with Crippen molar-refractivity contribution in [1.82, 2.24) is 15.0 Å². The number of aromatic amines is 1. The van der Waals surface area contributed by atoms with Crippen molar-refractivity contribution in [2.24, 2.45) is 10.2 Å². The van der Waals surface area contributed by atoms with Crippen molar-refractivity contribution in [3.8, 4) is 5.75 Å². The molecule has 0 bridgehead atoms. The number of fused-ring (bicyclic) bond motifs is 2. The molecule has 0 amide bonds. The van der Waals surface area contributed by atoms with Gasteiger partial charge in [0.05, 0.1) is 5.69 Å². The molecular weight excluding hydrogens is 748 g/mol. The lowest BCUT2D eigenvalue weighted by atomic mass is 10.1. The average Bonchev–Trinajstić information content (AvgIpc) is 2.92. The highest BCUT2D eigenvalue weighted by Gasteiger charge is 2.29. The van der Waals surface area contributed by atoms with Crippen molar-refractivity contribution in [3.63, 3.8) is 0 Å². The molecule has 5 rings (SSSR count). The van der Waals surface area contributed by atoms with Gasteiger partial charge in [0.25, 0.3) is 40.5 Å². The lowest BCUT2D eigenvalue weighted by Crippen LogP contribution is -2.15. The fourth-order valence-electron chi connectivity index (χ4n) is 4.57. The highest BCUT2D eigenvalue weighted by Crippen LogP contribution is 2.45. The van der Waals surface area contributed by atoms with E-state index in [2.05, 4.69) is 25.5 Å². The summed E-state index contributed by atoms with van der Waals surface area (Å²) < 4.78 is 138. The smallest absolute Gasteiger partial charge is 0.350 e. The number of nitrogens with zero attached hydrogens (tertiary/aromatic N) is 4. The number of phenolic OH excluding ortho intramolecular Hbond substituents is 1. The second-order valence-electron chi connectivity index (χ2n) is 9.37. The minimum absolute atomic E-state index is 0.381. The number of aromatic hydroxyl groups is 1. The summed E-state index contributed by atoms with van der Waals surface area (Å²) >= 11 is 5.67. The fraction of sp³-hybridized carbons (Fsp3) is 0. The number of H-pyrrole nitrogens is 1. The van der Waals surface area contributed by atoms with Gasteiger partial charge in [0, 0.05) is 21.5 Å². The summed E-state index contributed by atoms with van der Waals surface area (Å²) in [5.74, 6) is -1.76. The van der Waals surface area contributed by atoms with Gasteiger partial charge in [0.2, 0.25) is 11.2 Å². The number of hydrogen-bond donors (Lipinski definition) is 7. The van der Waals surface area contributed by atoms with Crippen LogP contribution in [0.2, 0.25) is 5.28 Å². The molecule has 5 aromatic rings. The van der Waals surface area contributed by atoms with Crippen molar-refractivity contribution in [1.29, 1.82) is 0 Å². The van der Waals surface area contributed by atoms with E-state index in [1.54, 1.807) is 0 Å². The zero-order chi connectivity index (χ0) is 35.6. The predicted molar refractivity (Wildman–Crippen MR) is 164 cm³/mol. The van der Waals surface area contributed by atoms with Crippen LogP contribution in [-0.4, -0.2) is 71.9 Å². The number of benzene rings is 4. The molecule has 0 aliphatic carbocycles. The number of hydrogen-bond acceptors (Lipinski definition) is 15. The van der Waals surface area contributed by atoms with Gasteiger partial charge in [-0.25, -0.2) is 4.79 Å². The summed E-state index contributed by atoms with van der Waals surface area (Å²) in [5, 5.41) is 17.9. The molecule has 0 radical (unpaired) electrons. The number of aromatic nitrogens is 3. The van der Waals surface area contributed by atoms with Crippen LogP contribution in [0.3, 0.4) is 0 Å². The Morgan fingerprint density at radius 2 is 1.31 bits per heavy atom. The first-order valence-electron chi connectivity index (χ1n) is 12.2. The van der Waals surface area contributed by atoms with Crippen LogP contribution in [0.1, 0.15) is 0 Å². The fourth-order valence-corrected chi connectivity index (χ4v) is 7.75. The Morgan fingerprint density at radius 3 is 1.90 bits per heavy atom. The van der Waals surface area contributed by atoms with Gasteiger partial charge >= 0.3 is 5.69 Å². The zero-order valence-corrected chi connectivity index (χ0v) is 26.9. The van der Waals surface area contributed by atoms with Crippen LogP contribution in [0.15, 0.2) is 83.1 Å². The molecule has 0 saturated heterocycles. The SMILES string of the molecule is O=c1nc(Nc2ccc3c(O)c(N=Nc4ccc5c(S(=O)(=O)O)cccc5c4S(=O)(=O)O)c(S(=O)(=O)O)cc3c2S(=O)(=O)O)nc(Cl)[nH]1. The molecule has 1 aromatic heterocycles. The van der Waals surface area contributed by atoms with Crippen molar-refractivity contribution < 1.29 is 57.0 Å². The molecule has 0 saturated carbocycles. The molecule has 7 N–H and O–H groups in total. The lowest BCUT2D eigenvalue weighted by molar-refractivity contribution is 0.471. The maximum atomic E-state index is 12.5. The lowest BCUT2D eigenvalue weighted by Gasteiger charge is -2.15. The largest absolute Gasteiger partial charge is 0.505 e. The number of azo groups is 1. The van der Waals surface area contributed by atoms with E-state index in [0.29, 0.717) is 6.07 Å². The van der Waals surface area contributed by atoms with E-state index in [1.807, 2.05) is 4.98 Å². The molecule has 4 aromatic carbocycles. The highest BCUT2D eigenvalue weighted by molar-refractivity contribution is 7.87. The number of nitrogens with one attached hydrogen (secondary N) is 2. The second-order valence-corrected chi connectivity index (χ2v) is 15.2. The molecule has 0 aliphatic heterocycles. The maximum absolute atomic E-state index is 12.5. The molecule has 0 fully saturated rings. The van der Waals surface area contributed by atoms with Gasteiger partial charge in [0.15, 0.2) is 5.75 Å². The average molecular weight is 763 g/mol. The van der Waals surface area contributed by atoms with E-state index in [4.69, 9.17) is 11.6 Å². The standard InChI is InChI=1S/C23H15ClN6O14S4/c24-21-26-22(28-23(32)27-21)25-13-6-5-10-12(20(13)48(42,43)44)8-16(46(36,37)38)17(18(10)31)30-29-14-7-4-9-11(19(14)47(39,40)41)2-1-3-15(9)45(33,34)35/h1-8,31H,(H,33,34,35)(H,36,37,38)(H,39,40,41)(H,42,43,44)(H2,25,26,27,28,32). The Labute approximate surface area is 272 Å². The number of phenols is 1. The molecule has 20 nitrogen and oxygen atoms in total. The van der Waals surface area contributed by atoms with Crippen molar-refractivity contribution >= 4 is 96.6 Å². The molecular formula is C23H15ClN6O14S4. The first-order chi connectivity index (χ1) is 22.1. The van der Waals surface area contributed by atoms with E-state index in [1.165, 1.54) is 0 Å². The Hall–Kier alpha value is -4.66. The van der Waals surface area contributed by atoms with E-state index in [-0.39, 0.29) is 5.39 Å². The van der Waals surface area contributed by atoms with Crippen LogP contribution in [-0.2, 0) is 40.5 Å². The topological polar surface area (TPSA) is 333 Å². The van der Waals surface area contributed by atoms with Gasteiger partial charge in [-0.2, -0.15) is 43.6 Å². The Morgan fingerprint density at radius 1 is 0.688 bits per heavy atom. The van der Waals surface area contributed by atoms with Crippen LogP contribution >= 0.6 is 11.6 Å². The third kappa shape index (κ3) is 6.68. The molecule has 0 unspecified atom stereocenters. The van der Waals surface area contributed by atoms with Crippen LogP contribution in [0, 0.1) is 0 Å². The monoisotopic (exact) mass is 762 g/mol. The summed E-state index contributed by atoms with van der Waals surface area (Å²) in [5.41, 5.74) is -3.44. The van der Waals surface area contributed by atoms with Crippen molar-refractivity contribution in [2.75, 3.05) is 5.32 Å². The number of anilines is 2.